The van der Waals surface area contributed by atoms with Crippen LogP contribution in [0.4, 0.5) is 0 Å². The van der Waals surface area contributed by atoms with Crippen LogP contribution in [0.5, 0.6) is 11.5 Å². The van der Waals surface area contributed by atoms with E-state index in [1.165, 1.54) is 12.5 Å². The molecule has 3 rings (SSSR count). The van der Waals surface area contributed by atoms with E-state index in [1.54, 1.807) is 37.5 Å². The van der Waals surface area contributed by atoms with Crippen molar-refractivity contribution in [2.24, 2.45) is 5.92 Å². The topological polar surface area (TPSA) is 52.6 Å². The van der Waals surface area contributed by atoms with Crippen molar-refractivity contribution < 1.29 is 19.1 Å². The van der Waals surface area contributed by atoms with Crippen LogP contribution < -0.4 is 9.47 Å². The third-order valence-corrected chi connectivity index (χ3v) is 4.85. The van der Waals surface area contributed by atoms with Crippen LogP contribution in [0.15, 0.2) is 54.6 Å². The van der Waals surface area contributed by atoms with E-state index in [1.807, 2.05) is 24.3 Å². The first kappa shape index (κ1) is 18.9. The third kappa shape index (κ3) is 5.07. The molecule has 0 aliphatic heterocycles. The van der Waals surface area contributed by atoms with Gasteiger partial charge in [-0.25, -0.2) is 0 Å². The molecule has 27 heavy (non-hydrogen) atoms. The Balaban J connectivity index is 1.61. The Morgan fingerprint density at radius 3 is 2.37 bits per heavy atom. The van der Waals surface area contributed by atoms with Crippen molar-refractivity contribution in [1.82, 2.24) is 0 Å². The second kappa shape index (κ2) is 9.17. The zero-order valence-corrected chi connectivity index (χ0v) is 15.5. The molecule has 0 atom stereocenters. The number of rotatable bonds is 6. The smallest absolute Gasteiger partial charge is 0.314 e. The molecule has 0 unspecified atom stereocenters. The van der Waals surface area contributed by atoms with Crippen LogP contribution in [-0.2, 0) is 4.79 Å². The van der Waals surface area contributed by atoms with E-state index in [0.717, 1.165) is 31.2 Å². The van der Waals surface area contributed by atoms with Gasteiger partial charge in [0, 0.05) is 11.1 Å². The van der Waals surface area contributed by atoms with Gasteiger partial charge in [0.15, 0.2) is 5.78 Å². The van der Waals surface area contributed by atoms with Crippen molar-refractivity contribution in [3.63, 3.8) is 0 Å². The number of carbonyl (C=O) groups is 2. The van der Waals surface area contributed by atoms with Gasteiger partial charge in [0.25, 0.3) is 0 Å². The predicted octanol–water partition coefficient (Wildman–Crippen LogP) is 5.08. The Morgan fingerprint density at radius 1 is 0.963 bits per heavy atom. The maximum absolute atomic E-state index is 12.4. The first-order valence-electron chi connectivity index (χ1n) is 9.34. The van der Waals surface area contributed by atoms with Crippen molar-refractivity contribution in [2.75, 3.05) is 7.11 Å². The molecule has 0 bridgehead atoms. The van der Waals surface area contributed by atoms with Gasteiger partial charge < -0.3 is 9.47 Å². The van der Waals surface area contributed by atoms with Crippen LogP contribution in [0.2, 0.25) is 0 Å². The number of ether oxygens (including phenoxy) is 2. The van der Waals surface area contributed by atoms with Gasteiger partial charge in [-0.1, -0.05) is 37.5 Å². The van der Waals surface area contributed by atoms with Gasteiger partial charge in [0.05, 0.1) is 13.0 Å². The molecule has 0 spiro atoms. The van der Waals surface area contributed by atoms with Crippen molar-refractivity contribution in [3.8, 4) is 11.5 Å². The SMILES string of the molecule is COc1ccccc1/C=C/C(=O)c1ccc(OC(=O)C2CCCCC2)cc1. The summed E-state index contributed by atoms with van der Waals surface area (Å²) in [6, 6.07) is 14.2. The average molecular weight is 364 g/mol. The van der Waals surface area contributed by atoms with Gasteiger partial charge in [0.2, 0.25) is 0 Å². The zero-order valence-electron chi connectivity index (χ0n) is 15.5. The normalized spacial score (nSPS) is 14.9. The first-order chi connectivity index (χ1) is 13.2. The van der Waals surface area contributed by atoms with Crippen LogP contribution in [0.25, 0.3) is 6.08 Å². The molecule has 2 aromatic carbocycles. The average Bonchev–Trinajstić information content (AvgIpc) is 2.73. The van der Waals surface area contributed by atoms with Gasteiger partial charge in [-0.15, -0.1) is 0 Å². The summed E-state index contributed by atoms with van der Waals surface area (Å²) in [6.45, 7) is 0. The molecule has 0 N–H and O–H groups in total. The van der Waals surface area contributed by atoms with E-state index < -0.39 is 0 Å². The minimum atomic E-state index is -0.162. The van der Waals surface area contributed by atoms with Crippen LogP contribution in [0, 0.1) is 5.92 Å². The molecule has 1 aliphatic carbocycles. The molecule has 0 aromatic heterocycles. The number of benzene rings is 2. The van der Waals surface area contributed by atoms with E-state index >= 15 is 0 Å². The quantitative estimate of drug-likeness (QED) is 0.310. The summed E-state index contributed by atoms with van der Waals surface area (Å²) in [7, 11) is 1.60. The molecular formula is C23H24O4. The van der Waals surface area contributed by atoms with Gasteiger partial charge in [0.1, 0.15) is 11.5 Å². The van der Waals surface area contributed by atoms with Crippen molar-refractivity contribution >= 4 is 17.8 Å². The highest BCUT2D eigenvalue weighted by atomic mass is 16.5. The molecule has 1 saturated carbocycles. The molecule has 140 valence electrons. The monoisotopic (exact) mass is 364 g/mol. The second-order valence-corrected chi connectivity index (χ2v) is 6.72. The Kier molecular flexibility index (Phi) is 6.42. The van der Waals surface area contributed by atoms with Crippen molar-refractivity contribution in [2.45, 2.75) is 32.1 Å². The zero-order chi connectivity index (χ0) is 19.1. The standard InChI is InChI=1S/C23H24O4/c1-26-22-10-6-5-7-18(22)13-16-21(24)17-11-14-20(15-12-17)27-23(25)19-8-3-2-4-9-19/h5-7,10-16,19H,2-4,8-9H2,1H3/b16-13+. The number of methoxy groups -OCH3 is 1. The fourth-order valence-corrected chi connectivity index (χ4v) is 3.29. The van der Waals surface area contributed by atoms with Crippen LogP contribution >= 0.6 is 0 Å². The number of ketones is 1. The number of esters is 1. The first-order valence-corrected chi connectivity index (χ1v) is 9.34. The summed E-state index contributed by atoms with van der Waals surface area (Å²) in [5, 5.41) is 0. The van der Waals surface area contributed by atoms with Crippen LogP contribution in [-0.4, -0.2) is 18.9 Å². The molecule has 4 nitrogen and oxygen atoms in total. The number of hydrogen-bond donors (Lipinski definition) is 0. The number of hydrogen-bond acceptors (Lipinski definition) is 4. The van der Waals surface area contributed by atoms with E-state index in [-0.39, 0.29) is 17.7 Å². The summed E-state index contributed by atoms with van der Waals surface area (Å²) in [4.78, 5) is 24.6. The van der Waals surface area contributed by atoms with Crippen LogP contribution in [0.1, 0.15) is 48.0 Å². The molecule has 0 heterocycles. The number of para-hydroxylation sites is 1. The second-order valence-electron chi connectivity index (χ2n) is 6.72. The van der Waals surface area contributed by atoms with Crippen molar-refractivity contribution in [3.05, 3.63) is 65.7 Å². The molecule has 0 saturated heterocycles. The Bertz CT molecular complexity index is 815. The summed E-state index contributed by atoms with van der Waals surface area (Å²) < 4.78 is 10.7. The lowest BCUT2D eigenvalue weighted by molar-refractivity contribution is -0.139. The largest absolute Gasteiger partial charge is 0.496 e. The summed E-state index contributed by atoms with van der Waals surface area (Å²) in [6.07, 6.45) is 8.44. The van der Waals surface area contributed by atoms with Gasteiger partial charge in [-0.05, 0) is 55.3 Å². The lowest BCUT2D eigenvalue weighted by Gasteiger charge is -2.19. The Morgan fingerprint density at radius 2 is 1.67 bits per heavy atom. The van der Waals surface area contributed by atoms with E-state index in [2.05, 4.69) is 0 Å². The minimum absolute atomic E-state index is 0.00356. The molecule has 4 heteroatoms. The highest BCUT2D eigenvalue weighted by Gasteiger charge is 2.22. The Hall–Kier alpha value is -2.88. The Labute approximate surface area is 159 Å². The molecule has 1 fully saturated rings. The van der Waals surface area contributed by atoms with Crippen molar-refractivity contribution in [1.29, 1.82) is 0 Å². The molecular weight excluding hydrogens is 340 g/mol. The molecule has 1 aliphatic rings. The van der Waals surface area contributed by atoms with Crippen LogP contribution in [0.3, 0.4) is 0 Å². The molecule has 2 aromatic rings. The third-order valence-electron chi connectivity index (χ3n) is 4.85. The fourth-order valence-electron chi connectivity index (χ4n) is 3.29. The lowest BCUT2D eigenvalue weighted by Crippen LogP contribution is -2.22. The van der Waals surface area contributed by atoms with Gasteiger partial charge >= 0.3 is 5.97 Å². The summed E-state index contributed by atoms with van der Waals surface area (Å²) >= 11 is 0. The maximum Gasteiger partial charge on any atom is 0.314 e. The van der Waals surface area contributed by atoms with Gasteiger partial charge in [-0.2, -0.15) is 0 Å². The lowest BCUT2D eigenvalue weighted by atomic mass is 9.89. The maximum atomic E-state index is 12.4. The van der Waals surface area contributed by atoms with Gasteiger partial charge in [-0.3, -0.25) is 9.59 Å². The van der Waals surface area contributed by atoms with E-state index in [9.17, 15) is 9.59 Å². The fraction of sp³-hybridized carbons (Fsp3) is 0.304. The number of carbonyl (C=O) groups excluding carboxylic acids is 2. The highest BCUT2D eigenvalue weighted by molar-refractivity contribution is 6.07. The summed E-state index contributed by atoms with van der Waals surface area (Å²) in [5.41, 5.74) is 1.38. The number of allylic oxidation sites excluding steroid dienone is 1. The minimum Gasteiger partial charge on any atom is -0.496 e. The molecule has 0 amide bonds. The highest BCUT2D eigenvalue weighted by Crippen LogP contribution is 2.26. The van der Waals surface area contributed by atoms with E-state index in [4.69, 9.17) is 9.47 Å². The molecule has 0 radical (unpaired) electrons. The summed E-state index contributed by atoms with van der Waals surface area (Å²) in [5.74, 6) is 0.919. The van der Waals surface area contributed by atoms with E-state index in [0.29, 0.717) is 17.1 Å². The predicted molar refractivity (Wildman–Crippen MR) is 105 cm³/mol.